The van der Waals surface area contributed by atoms with Crippen molar-refractivity contribution >= 4 is 9.84 Å². The molecule has 2 aromatic carbocycles. The molecule has 0 spiro atoms. The maximum Gasteiger partial charge on any atom is 1.00 e. The van der Waals surface area contributed by atoms with Crippen LogP contribution in [-0.2, 0) is 32.2 Å². The van der Waals surface area contributed by atoms with Gasteiger partial charge in [-0.25, -0.2) is 8.42 Å². The third kappa shape index (κ3) is 3.96. The molecule has 0 fully saturated rings. The van der Waals surface area contributed by atoms with Gasteiger partial charge < -0.3 is 0 Å². The summed E-state index contributed by atoms with van der Waals surface area (Å²) in [5.41, 5.74) is 0.743. The average molecular weight is 440 g/mol. The Morgan fingerprint density at radius 1 is 0.833 bits per heavy atom. The van der Waals surface area contributed by atoms with Crippen LogP contribution < -0.4 is 0 Å². The molecule has 0 heterocycles. The molecule has 0 radical (unpaired) electrons. The van der Waals surface area contributed by atoms with Crippen molar-refractivity contribution in [1.82, 2.24) is 0 Å². The van der Waals surface area contributed by atoms with Gasteiger partial charge in [-0.3, -0.25) is 0 Å². The molecule has 2 nitrogen and oxygen atoms in total. The third-order valence-electron chi connectivity index (χ3n) is 2.23. The van der Waals surface area contributed by atoms with Crippen LogP contribution >= 0.6 is 0 Å². The molecule has 0 aliphatic heterocycles. The SMILES string of the molecule is O=S(=O)(C=[C-]c1ccccc1)c1ccccc1.[Au+]. The van der Waals surface area contributed by atoms with Crippen molar-refractivity contribution in [1.29, 1.82) is 0 Å². The van der Waals surface area contributed by atoms with Crippen LogP contribution in [0, 0.1) is 6.08 Å². The number of hydrogen-bond donors (Lipinski definition) is 0. The second-order valence-corrected chi connectivity index (χ2v) is 5.28. The van der Waals surface area contributed by atoms with Crippen LogP contribution in [0.5, 0.6) is 0 Å². The number of benzene rings is 2. The fourth-order valence-corrected chi connectivity index (χ4v) is 2.32. The molecule has 18 heavy (non-hydrogen) atoms. The molecule has 0 aliphatic carbocycles. The van der Waals surface area contributed by atoms with E-state index in [2.05, 4.69) is 6.08 Å². The molecule has 0 saturated carbocycles. The molecule has 0 atom stereocenters. The first-order valence-corrected chi connectivity index (χ1v) is 6.68. The van der Waals surface area contributed by atoms with Gasteiger partial charge in [-0.05, 0) is 17.5 Å². The van der Waals surface area contributed by atoms with Gasteiger partial charge in [0.05, 0.1) is 4.90 Å². The van der Waals surface area contributed by atoms with E-state index in [1.165, 1.54) is 0 Å². The van der Waals surface area contributed by atoms with Crippen LogP contribution in [0.1, 0.15) is 5.56 Å². The Morgan fingerprint density at radius 2 is 1.33 bits per heavy atom. The van der Waals surface area contributed by atoms with Gasteiger partial charge in [0, 0.05) is 0 Å². The number of sulfone groups is 1. The third-order valence-corrected chi connectivity index (χ3v) is 3.58. The van der Waals surface area contributed by atoms with Crippen LogP contribution in [0.25, 0.3) is 0 Å². The molecule has 96 valence electrons. The largest absolute Gasteiger partial charge is 1.00 e. The van der Waals surface area contributed by atoms with Crippen LogP contribution in [0.3, 0.4) is 0 Å². The first-order chi connectivity index (χ1) is 8.18. The Balaban J connectivity index is 0.00000162. The zero-order valence-corrected chi connectivity index (χ0v) is 12.4. The summed E-state index contributed by atoms with van der Waals surface area (Å²) in [4.78, 5) is 0.281. The Labute approximate surface area is 123 Å². The predicted molar refractivity (Wildman–Crippen MR) is 67.0 cm³/mol. The maximum absolute atomic E-state index is 11.9. The smallest absolute Gasteiger partial charge is 0.220 e. The summed E-state index contributed by atoms with van der Waals surface area (Å²) in [6.45, 7) is 0. The minimum absolute atomic E-state index is 0. The number of rotatable bonds is 3. The summed E-state index contributed by atoms with van der Waals surface area (Å²) in [7, 11) is -3.39. The Morgan fingerprint density at radius 3 is 1.89 bits per heavy atom. The van der Waals surface area contributed by atoms with E-state index in [0.29, 0.717) is 0 Å². The van der Waals surface area contributed by atoms with Gasteiger partial charge in [0.2, 0.25) is 0 Å². The number of hydrogen-bond acceptors (Lipinski definition) is 2. The monoisotopic (exact) mass is 440 g/mol. The van der Waals surface area contributed by atoms with Crippen molar-refractivity contribution in [3.8, 4) is 0 Å². The molecule has 0 N–H and O–H groups in total. The molecule has 4 heteroatoms. The average Bonchev–Trinajstić information content (AvgIpc) is 2.39. The summed E-state index contributed by atoms with van der Waals surface area (Å²) in [6, 6.07) is 17.5. The Kier molecular flexibility index (Phi) is 5.56. The zero-order valence-electron chi connectivity index (χ0n) is 9.38. The van der Waals surface area contributed by atoms with Gasteiger partial charge in [-0.1, -0.05) is 24.3 Å². The van der Waals surface area contributed by atoms with Crippen molar-refractivity contribution in [2.75, 3.05) is 0 Å². The summed E-state index contributed by atoms with van der Waals surface area (Å²) in [5, 5.41) is 1.11. The van der Waals surface area contributed by atoms with E-state index in [0.717, 1.165) is 11.0 Å². The van der Waals surface area contributed by atoms with Gasteiger partial charge in [-0.15, -0.1) is 12.1 Å². The van der Waals surface area contributed by atoms with Crippen LogP contribution in [-0.4, -0.2) is 8.42 Å². The Bertz CT molecular complexity index is 605. The van der Waals surface area contributed by atoms with Crippen molar-refractivity contribution in [2.45, 2.75) is 4.90 Å². The fraction of sp³-hybridized carbons (Fsp3) is 0. The first kappa shape index (κ1) is 14.9. The normalized spacial score (nSPS) is 11.1. The van der Waals surface area contributed by atoms with Crippen LogP contribution in [0.15, 0.2) is 71.0 Å². The van der Waals surface area contributed by atoms with Gasteiger partial charge >= 0.3 is 22.4 Å². The molecular weight excluding hydrogens is 429 g/mol. The van der Waals surface area contributed by atoms with Crippen LogP contribution in [0.4, 0.5) is 0 Å². The molecule has 2 aromatic rings. The quantitative estimate of drug-likeness (QED) is 0.544. The second-order valence-electron chi connectivity index (χ2n) is 3.49. The standard InChI is InChI=1S/C14H11O2S.Au/c15-17(16,14-9-5-2-6-10-14)12-11-13-7-3-1-4-8-13;/h1-10,12H;/q-1;+1. The first-order valence-electron chi connectivity index (χ1n) is 5.13. The molecule has 0 bridgehead atoms. The van der Waals surface area contributed by atoms with Crippen molar-refractivity contribution in [3.05, 3.63) is 77.7 Å². The topological polar surface area (TPSA) is 34.1 Å². The van der Waals surface area contributed by atoms with Crippen molar-refractivity contribution in [2.24, 2.45) is 0 Å². The van der Waals surface area contributed by atoms with E-state index in [1.54, 1.807) is 42.5 Å². The Hall–Kier alpha value is -1.13. The molecule has 0 aromatic heterocycles. The van der Waals surface area contributed by atoms with Crippen molar-refractivity contribution in [3.63, 3.8) is 0 Å². The van der Waals surface area contributed by atoms with E-state index in [-0.39, 0.29) is 27.3 Å². The summed E-state index contributed by atoms with van der Waals surface area (Å²) >= 11 is 0. The zero-order chi connectivity index (χ0) is 12.1. The summed E-state index contributed by atoms with van der Waals surface area (Å²) in [6.07, 6.45) is 2.77. The van der Waals surface area contributed by atoms with Gasteiger partial charge in [-0.2, -0.15) is 23.8 Å². The van der Waals surface area contributed by atoms with Crippen LogP contribution in [0.2, 0.25) is 0 Å². The maximum atomic E-state index is 11.9. The van der Waals surface area contributed by atoms with E-state index in [1.807, 2.05) is 18.2 Å². The second kappa shape index (κ2) is 6.71. The van der Waals surface area contributed by atoms with E-state index in [4.69, 9.17) is 0 Å². The summed E-state index contributed by atoms with van der Waals surface area (Å²) in [5.74, 6) is 0. The molecule has 0 amide bonds. The van der Waals surface area contributed by atoms with Gasteiger partial charge in [0.25, 0.3) is 0 Å². The predicted octanol–water partition coefficient (Wildman–Crippen LogP) is 2.82. The summed E-state index contributed by atoms with van der Waals surface area (Å²) < 4.78 is 23.8. The van der Waals surface area contributed by atoms with E-state index in [9.17, 15) is 8.42 Å². The minimum atomic E-state index is -3.39. The molecule has 0 aliphatic rings. The molecule has 0 saturated heterocycles. The molecule has 2 rings (SSSR count). The molecular formula is C14H11AuO2S. The fourth-order valence-electron chi connectivity index (χ4n) is 1.36. The van der Waals surface area contributed by atoms with Gasteiger partial charge in [0.15, 0.2) is 9.84 Å². The van der Waals surface area contributed by atoms with E-state index < -0.39 is 9.84 Å². The van der Waals surface area contributed by atoms with Gasteiger partial charge in [0.1, 0.15) is 0 Å². The minimum Gasteiger partial charge on any atom is -0.220 e. The van der Waals surface area contributed by atoms with Crippen molar-refractivity contribution < 1.29 is 30.8 Å². The molecule has 0 unspecified atom stereocenters. The van der Waals surface area contributed by atoms with E-state index >= 15 is 0 Å².